The lowest BCUT2D eigenvalue weighted by atomic mass is 10.1. The van der Waals surface area contributed by atoms with Crippen molar-refractivity contribution in [2.75, 3.05) is 18.5 Å². The van der Waals surface area contributed by atoms with Gasteiger partial charge in [0.15, 0.2) is 17.3 Å². The molecular weight excluding hydrogens is 398 g/mol. The molecule has 0 amide bonds. The van der Waals surface area contributed by atoms with Crippen LogP contribution in [0, 0.1) is 6.92 Å². The summed E-state index contributed by atoms with van der Waals surface area (Å²) in [7, 11) is 0. The molecule has 1 aliphatic rings. The molecule has 1 aliphatic heterocycles. The molecule has 0 saturated carbocycles. The highest BCUT2D eigenvalue weighted by molar-refractivity contribution is 6.19. The second kappa shape index (κ2) is 9.69. The second-order valence-electron chi connectivity index (χ2n) is 7.62. The summed E-state index contributed by atoms with van der Waals surface area (Å²) in [5.74, 6) is 2.83. The van der Waals surface area contributed by atoms with E-state index in [1.165, 1.54) is 11.1 Å². The lowest BCUT2D eigenvalue weighted by Crippen LogP contribution is -2.15. The van der Waals surface area contributed by atoms with E-state index in [4.69, 9.17) is 19.5 Å². The van der Waals surface area contributed by atoms with Gasteiger partial charge in [0.25, 0.3) is 0 Å². The molecule has 0 aromatic heterocycles. The minimum atomic E-state index is 0.558. The maximum absolute atomic E-state index is 5.84. The maximum atomic E-state index is 5.84. The first-order valence-corrected chi connectivity index (χ1v) is 11.2. The molecule has 3 aromatic carbocycles. The zero-order valence-corrected chi connectivity index (χ0v) is 19.1. The monoisotopic (exact) mass is 427 g/mol. The molecule has 0 aliphatic carbocycles. The van der Waals surface area contributed by atoms with Gasteiger partial charge in [-0.2, -0.15) is 0 Å². The fourth-order valence-electron chi connectivity index (χ4n) is 3.57. The van der Waals surface area contributed by atoms with Gasteiger partial charge < -0.3 is 14.8 Å². The van der Waals surface area contributed by atoms with E-state index in [0.717, 1.165) is 40.5 Å². The summed E-state index contributed by atoms with van der Waals surface area (Å²) in [5, 5.41) is 3.52. The maximum Gasteiger partial charge on any atom is 0.162 e. The molecule has 164 valence electrons. The van der Waals surface area contributed by atoms with Crippen LogP contribution in [0.3, 0.4) is 0 Å². The SMILES string of the molecule is CCOc1ccc(C2=NC(c3ccc(C)cc3)=Nc3ccc(CC)cc3N2)cc1OCC. The van der Waals surface area contributed by atoms with Crippen LogP contribution in [0.1, 0.15) is 43.0 Å². The Morgan fingerprint density at radius 1 is 0.750 bits per heavy atom. The molecule has 0 atom stereocenters. The summed E-state index contributed by atoms with van der Waals surface area (Å²) in [6, 6.07) is 20.5. The van der Waals surface area contributed by atoms with Crippen LogP contribution in [-0.2, 0) is 6.42 Å². The molecule has 4 rings (SSSR count). The number of benzene rings is 3. The van der Waals surface area contributed by atoms with Gasteiger partial charge in [-0.05, 0) is 63.1 Å². The van der Waals surface area contributed by atoms with Gasteiger partial charge in [-0.25, -0.2) is 9.98 Å². The van der Waals surface area contributed by atoms with Crippen LogP contribution in [0.15, 0.2) is 70.6 Å². The Hall–Kier alpha value is -3.60. The summed E-state index contributed by atoms with van der Waals surface area (Å²) in [6.45, 7) is 9.29. The van der Waals surface area contributed by atoms with Crippen LogP contribution in [0.5, 0.6) is 11.5 Å². The van der Waals surface area contributed by atoms with Crippen molar-refractivity contribution >= 4 is 23.0 Å². The summed E-state index contributed by atoms with van der Waals surface area (Å²) in [6.07, 6.45) is 0.952. The Labute approximate surface area is 189 Å². The zero-order chi connectivity index (χ0) is 22.5. The summed E-state index contributed by atoms with van der Waals surface area (Å²) >= 11 is 0. The molecular formula is C27H29N3O2. The van der Waals surface area contributed by atoms with Gasteiger partial charge in [-0.1, -0.05) is 42.8 Å². The Morgan fingerprint density at radius 3 is 2.19 bits per heavy atom. The number of ether oxygens (including phenoxy) is 2. The average molecular weight is 428 g/mol. The fourth-order valence-corrected chi connectivity index (χ4v) is 3.57. The molecule has 0 radical (unpaired) electrons. The van der Waals surface area contributed by atoms with E-state index in [0.29, 0.717) is 24.8 Å². The fraction of sp³-hybridized carbons (Fsp3) is 0.259. The van der Waals surface area contributed by atoms with Gasteiger partial charge in [0.1, 0.15) is 5.84 Å². The van der Waals surface area contributed by atoms with Gasteiger partial charge in [-0.3, -0.25) is 0 Å². The first kappa shape index (κ1) is 21.6. The highest BCUT2D eigenvalue weighted by atomic mass is 16.5. The first-order valence-electron chi connectivity index (χ1n) is 11.2. The molecule has 1 heterocycles. The van der Waals surface area contributed by atoms with Gasteiger partial charge >= 0.3 is 0 Å². The Bertz CT molecular complexity index is 1160. The van der Waals surface area contributed by atoms with Gasteiger partial charge in [0, 0.05) is 11.1 Å². The number of hydrogen-bond donors (Lipinski definition) is 1. The molecule has 0 unspecified atom stereocenters. The number of aliphatic imine (C=N–C) groups is 2. The van der Waals surface area contributed by atoms with E-state index in [-0.39, 0.29) is 0 Å². The Balaban J connectivity index is 1.84. The predicted octanol–water partition coefficient (Wildman–Crippen LogP) is 6.31. The highest BCUT2D eigenvalue weighted by Gasteiger charge is 2.17. The topological polar surface area (TPSA) is 55.2 Å². The summed E-state index contributed by atoms with van der Waals surface area (Å²) < 4.78 is 11.6. The molecule has 0 spiro atoms. The number of fused-ring (bicyclic) bond motifs is 1. The number of aryl methyl sites for hydroxylation is 2. The predicted molar refractivity (Wildman–Crippen MR) is 132 cm³/mol. The van der Waals surface area contributed by atoms with Crippen molar-refractivity contribution in [2.24, 2.45) is 9.98 Å². The number of nitrogens with one attached hydrogen (secondary N) is 1. The van der Waals surface area contributed by atoms with Gasteiger partial charge in [-0.15, -0.1) is 0 Å². The van der Waals surface area contributed by atoms with E-state index in [9.17, 15) is 0 Å². The lowest BCUT2D eigenvalue weighted by molar-refractivity contribution is 0.288. The van der Waals surface area contributed by atoms with Gasteiger partial charge in [0.2, 0.25) is 0 Å². The van der Waals surface area contributed by atoms with Crippen molar-refractivity contribution in [3.63, 3.8) is 0 Å². The van der Waals surface area contributed by atoms with E-state index in [2.05, 4.69) is 61.6 Å². The van der Waals surface area contributed by atoms with Crippen LogP contribution < -0.4 is 14.8 Å². The van der Waals surface area contributed by atoms with Crippen LogP contribution in [0.4, 0.5) is 11.4 Å². The molecule has 0 bridgehead atoms. The molecule has 3 aromatic rings. The third-order valence-corrected chi connectivity index (χ3v) is 5.29. The minimum Gasteiger partial charge on any atom is -0.490 e. The van der Waals surface area contributed by atoms with Gasteiger partial charge in [0.05, 0.1) is 24.6 Å². The molecule has 0 saturated heterocycles. The quantitative estimate of drug-likeness (QED) is 0.481. The van der Waals surface area contributed by atoms with Crippen molar-refractivity contribution in [3.05, 3.63) is 82.9 Å². The third-order valence-electron chi connectivity index (χ3n) is 5.29. The third kappa shape index (κ3) is 4.67. The van der Waals surface area contributed by atoms with Crippen LogP contribution in [0.25, 0.3) is 0 Å². The normalized spacial score (nSPS) is 12.8. The summed E-state index contributed by atoms with van der Waals surface area (Å²) in [4.78, 5) is 9.86. The smallest absolute Gasteiger partial charge is 0.162 e. The Morgan fingerprint density at radius 2 is 1.47 bits per heavy atom. The van der Waals surface area contributed by atoms with Crippen LogP contribution >= 0.6 is 0 Å². The highest BCUT2D eigenvalue weighted by Crippen LogP contribution is 2.33. The number of amidine groups is 2. The van der Waals surface area contributed by atoms with Crippen LogP contribution in [0.2, 0.25) is 0 Å². The van der Waals surface area contributed by atoms with Crippen molar-refractivity contribution in [1.29, 1.82) is 0 Å². The number of nitrogens with zero attached hydrogens (tertiary/aromatic N) is 2. The van der Waals surface area contributed by atoms with Crippen molar-refractivity contribution < 1.29 is 9.47 Å². The molecule has 5 nitrogen and oxygen atoms in total. The molecule has 32 heavy (non-hydrogen) atoms. The molecule has 1 N–H and O–H groups in total. The Kier molecular flexibility index (Phi) is 6.55. The number of anilines is 1. The van der Waals surface area contributed by atoms with Crippen molar-refractivity contribution in [2.45, 2.75) is 34.1 Å². The van der Waals surface area contributed by atoms with E-state index in [1.54, 1.807) is 0 Å². The van der Waals surface area contributed by atoms with Crippen molar-refractivity contribution in [3.8, 4) is 11.5 Å². The zero-order valence-electron chi connectivity index (χ0n) is 19.1. The molecule has 0 fully saturated rings. The van der Waals surface area contributed by atoms with E-state index < -0.39 is 0 Å². The largest absolute Gasteiger partial charge is 0.490 e. The summed E-state index contributed by atoms with van der Waals surface area (Å²) in [5.41, 5.74) is 6.13. The number of hydrogen-bond acceptors (Lipinski definition) is 5. The second-order valence-corrected chi connectivity index (χ2v) is 7.62. The first-order chi connectivity index (χ1) is 15.6. The van der Waals surface area contributed by atoms with Crippen LogP contribution in [-0.4, -0.2) is 24.9 Å². The standard InChI is InChI=1S/C27H29N3O2/c1-5-19-10-14-22-23(16-19)29-27(30-26(28-22)20-11-8-18(4)9-12-20)21-13-15-24(31-6-2)25(17-21)32-7-3/h8-17H,5-7H2,1-4H3,(H,28,29,30). The minimum absolute atomic E-state index is 0.558. The lowest BCUT2D eigenvalue weighted by Gasteiger charge is -2.15. The van der Waals surface area contributed by atoms with E-state index >= 15 is 0 Å². The average Bonchev–Trinajstić information content (AvgIpc) is 3.00. The van der Waals surface area contributed by atoms with E-state index in [1.807, 2.05) is 32.0 Å². The van der Waals surface area contributed by atoms with Crippen molar-refractivity contribution in [1.82, 2.24) is 0 Å². The number of rotatable bonds is 7. The molecule has 5 heteroatoms.